The van der Waals surface area contributed by atoms with E-state index in [4.69, 9.17) is 16.3 Å². The van der Waals surface area contributed by atoms with E-state index in [0.29, 0.717) is 11.3 Å². The van der Waals surface area contributed by atoms with Crippen molar-refractivity contribution in [1.29, 1.82) is 0 Å². The summed E-state index contributed by atoms with van der Waals surface area (Å²) in [7, 11) is 0. The number of carbonyl (C=O) groups excluding carboxylic acids is 2. The first-order valence-corrected chi connectivity index (χ1v) is 7.83. The number of halogens is 1. The molecule has 6 heteroatoms. The Morgan fingerprint density at radius 3 is 2.42 bits per heavy atom. The van der Waals surface area contributed by atoms with Crippen molar-refractivity contribution in [2.45, 2.75) is 26.2 Å². The minimum absolute atomic E-state index is 0.00527. The van der Waals surface area contributed by atoms with Crippen LogP contribution in [-0.2, 0) is 14.9 Å². The van der Waals surface area contributed by atoms with Crippen LogP contribution in [-0.4, -0.2) is 23.5 Å². The molecule has 0 atom stereocenters. The van der Waals surface area contributed by atoms with E-state index in [9.17, 15) is 9.59 Å². The third-order valence-corrected chi connectivity index (χ3v) is 3.66. The van der Waals surface area contributed by atoms with E-state index >= 15 is 0 Å². The lowest BCUT2D eigenvalue weighted by atomic mass is 9.87. The first-order valence-electron chi connectivity index (χ1n) is 7.45. The first-order chi connectivity index (χ1) is 11.3. The number of hydrogen-bond acceptors (Lipinski definition) is 4. The summed E-state index contributed by atoms with van der Waals surface area (Å²) in [5, 5.41) is 2.71. The number of nitrogens with zero attached hydrogens (tertiary/aromatic N) is 1. The molecule has 2 aromatic rings. The van der Waals surface area contributed by atoms with E-state index in [0.717, 1.165) is 5.56 Å². The van der Waals surface area contributed by atoms with Gasteiger partial charge in [-0.2, -0.15) is 0 Å². The number of amides is 1. The van der Waals surface area contributed by atoms with Crippen LogP contribution in [0, 0.1) is 0 Å². The lowest BCUT2D eigenvalue weighted by Gasteiger charge is -2.18. The van der Waals surface area contributed by atoms with Crippen molar-refractivity contribution in [2.24, 2.45) is 0 Å². The van der Waals surface area contributed by atoms with Gasteiger partial charge in [-0.3, -0.25) is 4.79 Å². The molecule has 1 amide bonds. The topological polar surface area (TPSA) is 68.3 Å². The van der Waals surface area contributed by atoms with E-state index < -0.39 is 18.5 Å². The monoisotopic (exact) mass is 346 g/mol. The maximum absolute atomic E-state index is 12.0. The number of pyridine rings is 1. The zero-order chi connectivity index (χ0) is 17.7. The number of benzene rings is 1. The second-order valence-corrected chi connectivity index (χ2v) is 6.65. The van der Waals surface area contributed by atoms with Crippen LogP contribution in [0.1, 0.15) is 36.7 Å². The van der Waals surface area contributed by atoms with Gasteiger partial charge in [0.1, 0.15) is 0 Å². The number of esters is 1. The number of nitrogens with one attached hydrogen (secondary N) is 1. The van der Waals surface area contributed by atoms with Gasteiger partial charge in [-0.25, -0.2) is 9.78 Å². The Hall–Kier alpha value is -2.40. The second-order valence-electron chi connectivity index (χ2n) is 6.29. The smallest absolute Gasteiger partial charge is 0.338 e. The van der Waals surface area contributed by atoms with Crippen molar-refractivity contribution in [2.75, 3.05) is 11.9 Å². The molecule has 0 unspecified atom stereocenters. The van der Waals surface area contributed by atoms with Crippen LogP contribution in [0.2, 0.25) is 5.15 Å². The van der Waals surface area contributed by atoms with E-state index in [-0.39, 0.29) is 10.6 Å². The molecule has 0 saturated heterocycles. The van der Waals surface area contributed by atoms with Gasteiger partial charge in [0.25, 0.3) is 5.91 Å². The van der Waals surface area contributed by atoms with Crippen molar-refractivity contribution >= 4 is 29.2 Å². The standard InChI is InChI=1S/C18H19ClN2O3/c1-18(2,3)13-8-6-12(7-9-13)17(23)24-11-15(22)21-14-5-4-10-20-16(14)19/h4-10H,11H2,1-3H3,(H,21,22). The SMILES string of the molecule is CC(C)(C)c1ccc(C(=O)OCC(=O)Nc2cccnc2Cl)cc1. The van der Waals surface area contributed by atoms with Crippen LogP contribution in [0.3, 0.4) is 0 Å². The molecule has 0 aliphatic rings. The van der Waals surface area contributed by atoms with Gasteiger partial charge in [0, 0.05) is 6.20 Å². The minimum Gasteiger partial charge on any atom is -0.452 e. The van der Waals surface area contributed by atoms with Gasteiger partial charge in [0.15, 0.2) is 11.8 Å². The maximum atomic E-state index is 12.0. The number of carbonyl (C=O) groups is 2. The van der Waals surface area contributed by atoms with Gasteiger partial charge in [0.05, 0.1) is 11.3 Å². The number of hydrogen-bond donors (Lipinski definition) is 1. The maximum Gasteiger partial charge on any atom is 0.338 e. The molecular weight excluding hydrogens is 328 g/mol. The summed E-state index contributed by atoms with van der Waals surface area (Å²) in [6.45, 7) is 5.88. The summed E-state index contributed by atoms with van der Waals surface area (Å²) < 4.78 is 5.01. The third kappa shape index (κ3) is 4.80. The summed E-state index contributed by atoms with van der Waals surface area (Å²) in [5.74, 6) is -1.03. The van der Waals surface area contributed by atoms with Gasteiger partial charge in [-0.1, -0.05) is 44.5 Å². The first kappa shape index (κ1) is 17.9. The lowest BCUT2D eigenvalue weighted by Crippen LogP contribution is -2.21. The molecule has 0 radical (unpaired) electrons. The predicted octanol–water partition coefficient (Wildman–Crippen LogP) is 3.83. The fraction of sp³-hybridized carbons (Fsp3) is 0.278. The van der Waals surface area contributed by atoms with Crippen LogP contribution < -0.4 is 5.32 Å². The summed E-state index contributed by atoms with van der Waals surface area (Å²) >= 11 is 5.84. The van der Waals surface area contributed by atoms with Crippen LogP contribution in [0.4, 0.5) is 5.69 Å². The minimum atomic E-state index is -0.553. The van der Waals surface area contributed by atoms with E-state index in [2.05, 4.69) is 31.1 Å². The van der Waals surface area contributed by atoms with Crippen molar-refractivity contribution < 1.29 is 14.3 Å². The van der Waals surface area contributed by atoms with E-state index in [1.165, 1.54) is 6.20 Å². The summed E-state index contributed by atoms with van der Waals surface area (Å²) in [5.41, 5.74) is 1.89. The van der Waals surface area contributed by atoms with Gasteiger partial charge in [0.2, 0.25) is 0 Å². The molecule has 0 aliphatic heterocycles. The molecule has 0 aliphatic carbocycles. The number of anilines is 1. The molecule has 1 heterocycles. The quantitative estimate of drug-likeness (QED) is 0.674. The molecule has 0 bridgehead atoms. The summed E-state index contributed by atoms with van der Waals surface area (Å²) in [6.07, 6.45) is 1.51. The molecule has 5 nitrogen and oxygen atoms in total. The third-order valence-electron chi connectivity index (χ3n) is 3.35. The van der Waals surface area contributed by atoms with Crippen molar-refractivity contribution in [3.05, 3.63) is 58.9 Å². The Morgan fingerprint density at radius 1 is 1.17 bits per heavy atom. The van der Waals surface area contributed by atoms with Crippen molar-refractivity contribution in [3.8, 4) is 0 Å². The zero-order valence-electron chi connectivity index (χ0n) is 13.8. The molecule has 0 spiro atoms. The Morgan fingerprint density at radius 2 is 1.83 bits per heavy atom. The molecule has 1 aromatic carbocycles. The number of aromatic nitrogens is 1. The average molecular weight is 347 g/mol. The van der Waals surface area contributed by atoms with Crippen molar-refractivity contribution in [3.63, 3.8) is 0 Å². The Bertz CT molecular complexity index is 737. The molecule has 0 saturated carbocycles. The van der Waals surface area contributed by atoms with Crippen molar-refractivity contribution in [1.82, 2.24) is 4.98 Å². The lowest BCUT2D eigenvalue weighted by molar-refractivity contribution is -0.119. The molecule has 0 fully saturated rings. The Balaban J connectivity index is 1.91. The highest BCUT2D eigenvalue weighted by molar-refractivity contribution is 6.32. The fourth-order valence-corrected chi connectivity index (χ4v) is 2.15. The normalized spacial score (nSPS) is 11.0. The van der Waals surface area contributed by atoms with E-state index in [1.54, 1.807) is 24.3 Å². The van der Waals surface area contributed by atoms with Gasteiger partial charge < -0.3 is 10.1 Å². The molecule has 1 N–H and O–H groups in total. The molecule has 24 heavy (non-hydrogen) atoms. The largest absolute Gasteiger partial charge is 0.452 e. The number of rotatable bonds is 4. The van der Waals surface area contributed by atoms with Crippen LogP contribution in [0.5, 0.6) is 0 Å². The molecule has 126 valence electrons. The molecule has 1 aromatic heterocycles. The fourth-order valence-electron chi connectivity index (χ4n) is 1.99. The number of ether oxygens (including phenoxy) is 1. The summed E-state index contributed by atoms with van der Waals surface area (Å²) in [6, 6.07) is 10.4. The van der Waals surface area contributed by atoms with Gasteiger partial charge >= 0.3 is 5.97 Å². The van der Waals surface area contributed by atoms with E-state index in [1.807, 2.05) is 12.1 Å². The van der Waals surface area contributed by atoms with Crippen LogP contribution >= 0.6 is 11.6 Å². The summed E-state index contributed by atoms with van der Waals surface area (Å²) in [4.78, 5) is 27.6. The Kier molecular flexibility index (Phi) is 5.57. The van der Waals surface area contributed by atoms with Crippen LogP contribution in [0.15, 0.2) is 42.6 Å². The zero-order valence-corrected chi connectivity index (χ0v) is 14.6. The molecular formula is C18H19ClN2O3. The highest BCUT2D eigenvalue weighted by atomic mass is 35.5. The average Bonchev–Trinajstić information content (AvgIpc) is 2.54. The van der Waals surface area contributed by atoms with Gasteiger partial charge in [-0.15, -0.1) is 0 Å². The van der Waals surface area contributed by atoms with Gasteiger partial charge in [-0.05, 0) is 35.2 Å². The molecule has 2 rings (SSSR count). The highest BCUT2D eigenvalue weighted by Crippen LogP contribution is 2.22. The second kappa shape index (κ2) is 7.45. The Labute approximate surface area is 146 Å². The highest BCUT2D eigenvalue weighted by Gasteiger charge is 2.15. The predicted molar refractivity (Wildman–Crippen MR) is 93.3 cm³/mol. The van der Waals surface area contributed by atoms with Crippen LogP contribution in [0.25, 0.3) is 0 Å².